The van der Waals surface area contributed by atoms with Crippen LogP contribution in [0.1, 0.15) is 35.0 Å². The number of nitriles is 1. The van der Waals surface area contributed by atoms with Gasteiger partial charge in [-0.2, -0.15) is 5.26 Å². The minimum Gasteiger partial charge on any atom is -0.481 e. The number of rotatable bonds is 4. The smallest absolute Gasteiger partial charge is 0.341 e. The number of carbonyl (C=O) groups is 1. The Kier molecular flexibility index (Phi) is 4.54. The zero-order valence-electron chi connectivity index (χ0n) is 9.74. The van der Waals surface area contributed by atoms with Crippen LogP contribution in [0, 0.1) is 11.3 Å². The number of esters is 1. The van der Waals surface area contributed by atoms with Crippen molar-refractivity contribution in [2.24, 2.45) is 0 Å². The average Bonchev–Trinajstić information content (AvgIpc) is 2.37. The van der Waals surface area contributed by atoms with E-state index >= 15 is 0 Å². The van der Waals surface area contributed by atoms with E-state index in [0.29, 0.717) is 0 Å². The molecule has 1 rings (SSSR count). The number of ether oxygens (including phenoxy) is 2. The number of alkyl halides is 2. The molecule has 7 heteroatoms. The van der Waals surface area contributed by atoms with Gasteiger partial charge in [-0.15, -0.1) is 0 Å². The van der Waals surface area contributed by atoms with Crippen LogP contribution in [0.2, 0.25) is 0 Å². The Morgan fingerprint density at radius 2 is 2.28 bits per heavy atom. The monoisotopic (exact) mass is 256 g/mol. The maximum absolute atomic E-state index is 12.7. The van der Waals surface area contributed by atoms with E-state index in [0.717, 1.165) is 13.2 Å². The molecule has 0 aliphatic heterocycles. The summed E-state index contributed by atoms with van der Waals surface area (Å²) >= 11 is 0. The van der Waals surface area contributed by atoms with Crippen LogP contribution in [0.25, 0.3) is 0 Å². The maximum Gasteiger partial charge on any atom is 0.341 e. The normalized spacial score (nSPS) is 10.0. The van der Waals surface area contributed by atoms with Gasteiger partial charge in [0.05, 0.1) is 24.8 Å². The van der Waals surface area contributed by atoms with Gasteiger partial charge in [0.15, 0.2) is 5.69 Å². The molecule has 0 spiro atoms. The second-order valence-electron chi connectivity index (χ2n) is 3.12. The predicted octanol–water partition coefficient (Wildman–Crippen LogP) is 2.08. The molecule has 96 valence electrons. The predicted molar refractivity (Wildman–Crippen MR) is 56.4 cm³/mol. The Morgan fingerprint density at radius 1 is 1.61 bits per heavy atom. The highest BCUT2D eigenvalue weighted by Crippen LogP contribution is 2.29. The largest absolute Gasteiger partial charge is 0.481 e. The Hall–Kier alpha value is -2.23. The standard InChI is InChI=1S/C11H10F2N2O3/c1-3-18-11(16)6-4-7(9(12)13)10(17-2)15-8(6)5-14/h4,9H,3H2,1-2H3. The molecule has 5 nitrogen and oxygen atoms in total. The Morgan fingerprint density at radius 3 is 2.72 bits per heavy atom. The van der Waals surface area contributed by atoms with Crippen molar-refractivity contribution >= 4 is 5.97 Å². The maximum atomic E-state index is 12.7. The quantitative estimate of drug-likeness (QED) is 0.771. The highest BCUT2D eigenvalue weighted by atomic mass is 19.3. The van der Waals surface area contributed by atoms with E-state index in [-0.39, 0.29) is 23.7 Å². The number of hydrogen-bond acceptors (Lipinski definition) is 5. The molecule has 1 heterocycles. The molecule has 0 saturated heterocycles. The molecule has 0 fully saturated rings. The van der Waals surface area contributed by atoms with Gasteiger partial charge in [-0.25, -0.2) is 18.6 Å². The Balaban J connectivity index is 3.37. The first kappa shape index (κ1) is 13.8. The molecule has 1 aromatic heterocycles. The van der Waals surface area contributed by atoms with Gasteiger partial charge in [0, 0.05) is 0 Å². The van der Waals surface area contributed by atoms with Crippen molar-refractivity contribution < 1.29 is 23.0 Å². The van der Waals surface area contributed by atoms with Crippen molar-refractivity contribution in [2.45, 2.75) is 13.3 Å². The fourth-order valence-corrected chi connectivity index (χ4v) is 1.28. The molecule has 0 atom stereocenters. The number of methoxy groups -OCH3 is 1. The molecule has 0 radical (unpaired) electrons. The van der Waals surface area contributed by atoms with E-state index in [4.69, 9.17) is 5.26 Å². The van der Waals surface area contributed by atoms with Gasteiger partial charge in [0.2, 0.25) is 5.88 Å². The second-order valence-corrected chi connectivity index (χ2v) is 3.12. The second kappa shape index (κ2) is 5.91. The number of nitrogens with zero attached hydrogens (tertiary/aromatic N) is 2. The zero-order valence-corrected chi connectivity index (χ0v) is 9.74. The van der Waals surface area contributed by atoms with Crippen molar-refractivity contribution in [3.8, 4) is 11.9 Å². The summed E-state index contributed by atoms with van der Waals surface area (Å²) < 4.78 is 34.8. The summed E-state index contributed by atoms with van der Waals surface area (Å²) in [5.41, 5.74) is -1.16. The van der Waals surface area contributed by atoms with E-state index in [1.54, 1.807) is 13.0 Å². The first-order valence-corrected chi connectivity index (χ1v) is 4.99. The first-order valence-electron chi connectivity index (χ1n) is 4.99. The third kappa shape index (κ3) is 2.71. The summed E-state index contributed by atoms with van der Waals surface area (Å²) in [6, 6.07) is 2.51. The molecule has 0 aromatic carbocycles. The lowest BCUT2D eigenvalue weighted by atomic mass is 10.1. The number of carbonyl (C=O) groups excluding carboxylic acids is 1. The van der Waals surface area contributed by atoms with E-state index in [9.17, 15) is 13.6 Å². The van der Waals surface area contributed by atoms with Crippen LogP contribution in [0.15, 0.2) is 6.07 Å². The third-order valence-corrected chi connectivity index (χ3v) is 2.04. The molecule has 18 heavy (non-hydrogen) atoms. The van der Waals surface area contributed by atoms with Crippen molar-refractivity contribution in [1.82, 2.24) is 4.98 Å². The van der Waals surface area contributed by atoms with Crippen LogP contribution >= 0.6 is 0 Å². The van der Waals surface area contributed by atoms with Crippen molar-refractivity contribution in [3.63, 3.8) is 0 Å². The van der Waals surface area contributed by atoms with Gasteiger partial charge in [-0.3, -0.25) is 0 Å². The highest BCUT2D eigenvalue weighted by molar-refractivity contribution is 5.92. The van der Waals surface area contributed by atoms with Crippen molar-refractivity contribution in [3.05, 3.63) is 22.9 Å². The molecule has 0 aliphatic carbocycles. The Labute approximate surface area is 102 Å². The van der Waals surface area contributed by atoms with Crippen LogP contribution < -0.4 is 4.74 Å². The summed E-state index contributed by atoms with van der Waals surface area (Å²) in [6.45, 7) is 1.63. The lowest BCUT2D eigenvalue weighted by Gasteiger charge is -2.10. The first-order chi connectivity index (χ1) is 8.54. The summed E-state index contributed by atoms with van der Waals surface area (Å²) in [4.78, 5) is 15.1. The van der Waals surface area contributed by atoms with E-state index in [1.807, 2.05) is 0 Å². The number of aromatic nitrogens is 1. The highest BCUT2D eigenvalue weighted by Gasteiger charge is 2.23. The van der Waals surface area contributed by atoms with Crippen LogP contribution in [0.5, 0.6) is 5.88 Å². The van der Waals surface area contributed by atoms with Crippen molar-refractivity contribution in [1.29, 1.82) is 5.26 Å². The molecule has 0 amide bonds. The van der Waals surface area contributed by atoms with Gasteiger partial charge >= 0.3 is 5.97 Å². The lowest BCUT2D eigenvalue weighted by Crippen LogP contribution is -2.10. The molecular weight excluding hydrogens is 246 g/mol. The molecule has 0 aliphatic rings. The molecule has 0 unspecified atom stereocenters. The zero-order chi connectivity index (χ0) is 13.7. The summed E-state index contributed by atoms with van der Waals surface area (Å²) in [7, 11) is 1.15. The molecular formula is C11H10F2N2O3. The SMILES string of the molecule is CCOC(=O)c1cc(C(F)F)c(OC)nc1C#N. The average molecular weight is 256 g/mol. The molecule has 0 bridgehead atoms. The fourth-order valence-electron chi connectivity index (χ4n) is 1.28. The summed E-state index contributed by atoms with van der Waals surface area (Å²) in [5, 5.41) is 8.82. The number of hydrogen-bond donors (Lipinski definition) is 0. The van der Waals surface area contributed by atoms with Crippen LogP contribution in [-0.2, 0) is 4.74 Å². The van der Waals surface area contributed by atoms with E-state index < -0.39 is 18.0 Å². The van der Waals surface area contributed by atoms with E-state index in [1.165, 1.54) is 0 Å². The number of pyridine rings is 1. The van der Waals surface area contributed by atoms with Crippen molar-refractivity contribution in [2.75, 3.05) is 13.7 Å². The molecule has 1 aromatic rings. The minimum atomic E-state index is -2.87. The topological polar surface area (TPSA) is 72.2 Å². The fraction of sp³-hybridized carbons (Fsp3) is 0.364. The van der Waals surface area contributed by atoms with Gasteiger partial charge in [-0.1, -0.05) is 0 Å². The van der Waals surface area contributed by atoms with Gasteiger partial charge in [0.25, 0.3) is 6.43 Å². The van der Waals surface area contributed by atoms with Crippen LogP contribution in [-0.4, -0.2) is 24.7 Å². The third-order valence-electron chi connectivity index (χ3n) is 2.04. The minimum absolute atomic E-state index is 0.0692. The van der Waals surface area contributed by atoms with Crippen LogP contribution in [0.3, 0.4) is 0 Å². The Bertz CT molecular complexity index is 498. The van der Waals surface area contributed by atoms with Gasteiger partial charge < -0.3 is 9.47 Å². The number of halogens is 2. The molecule has 0 N–H and O–H groups in total. The van der Waals surface area contributed by atoms with E-state index in [2.05, 4.69) is 14.5 Å². The van der Waals surface area contributed by atoms with Gasteiger partial charge in [0.1, 0.15) is 6.07 Å². The summed E-state index contributed by atoms with van der Waals surface area (Å²) in [6.07, 6.45) is -2.87. The van der Waals surface area contributed by atoms with Crippen LogP contribution in [0.4, 0.5) is 8.78 Å². The lowest BCUT2D eigenvalue weighted by molar-refractivity contribution is 0.0524. The van der Waals surface area contributed by atoms with Gasteiger partial charge in [-0.05, 0) is 13.0 Å². The summed E-state index contributed by atoms with van der Waals surface area (Å²) in [5.74, 6) is -1.25. The molecule has 0 saturated carbocycles.